The van der Waals surface area contributed by atoms with Crippen molar-refractivity contribution in [2.24, 2.45) is 0 Å². The smallest absolute Gasteiger partial charge is 0.264 e. The highest BCUT2D eigenvalue weighted by atomic mass is 32.2. The Morgan fingerprint density at radius 2 is 1.33 bits per heavy atom. The molecule has 0 spiro atoms. The maximum atomic E-state index is 14.2. The molecule has 0 bridgehead atoms. The van der Waals surface area contributed by atoms with Gasteiger partial charge in [0.2, 0.25) is 11.8 Å². The van der Waals surface area contributed by atoms with Gasteiger partial charge in [0.05, 0.1) is 10.6 Å². The van der Waals surface area contributed by atoms with Crippen LogP contribution in [0, 0.1) is 13.8 Å². The number of carbonyl (C=O) groups is 2. The van der Waals surface area contributed by atoms with Crippen molar-refractivity contribution in [3.05, 3.63) is 120 Å². The predicted molar refractivity (Wildman–Crippen MR) is 178 cm³/mol. The lowest BCUT2D eigenvalue weighted by atomic mass is 10.1. The number of nitrogens with one attached hydrogen (secondary N) is 1. The molecule has 0 unspecified atom stereocenters. The second kappa shape index (κ2) is 14.9. The maximum Gasteiger partial charge on any atom is 0.264 e. The number of hydrogen-bond donors (Lipinski definition) is 1. The van der Waals surface area contributed by atoms with E-state index in [9.17, 15) is 18.0 Å². The maximum absolute atomic E-state index is 14.2. The number of carbonyl (C=O) groups excluding carboxylic acids is 2. The molecule has 1 atom stereocenters. The number of sulfonamides is 1. The number of aryl methyl sites for hydroxylation is 2. The number of para-hydroxylation sites is 1. The monoisotopic (exact) mass is 627 g/mol. The van der Waals surface area contributed by atoms with Gasteiger partial charge in [-0.15, -0.1) is 0 Å². The van der Waals surface area contributed by atoms with Gasteiger partial charge in [0.15, 0.2) is 0 Å². The number of hydrogen-bond acceptors (Lipinski definition) is 5. The van der Waals surface area contributed by atoms with Crippen LogP contribution < -0.4 is 14.4 Å². The lowest BCUT2D eigenvalue weighted by Crippen LogP contribution is -2.53. The highest BCUT2D eigenvalue weighted by Crippen LogP contribution is 2.29. The van der Waals surface area contributed by atoms with Crippen molar-refractivity contribution in [3.63, 3.8) is 0 Å². The first kappa shape index (κ1) is 33.3. The fraction of sp³-hybridized carbons (Fsp3) is 0.278. The minimum atomic E-state index is -4.18. The van der Waals surface area contributed by atoms with Crippen molar-refractivity contribution in [2.45, 2.75) is 64.6 Å². The summed E-state index contributed by atoms with van der Waals surface area (Å²) in [4.78, 5) is 29.1. The summed E-state index contributed by atoms with van der Waals surface area (Å²) in [5.74, 6) is 0.368. The van der Waals surface area contributed by atoms with Crippen LogP contribution in [0.15, 0.2) is 108 Å². The Morgan fingerprint density at radius 1 is 0.778 bits per heavy atom. The van der Waals surface area contributed by atoms with Gasteiger partial charge in [0.1, 0.15) is 24.1 Å². The molecule has 9 heteroatoms. The Labute approximate surface area is 266 Å². The number of ether oxygens (including phenoxy) is 1. The van der Waals surface area contributed by atoms with E-state index in [1.54, 1.807) is 36.4 Å². The summed E-state index contributed by atoms with van der Waals surface area (Å²) in [6.45, 7) is 9.04. The lowest BCUT2D eigenvalue weighted by molar-refractivity contribution is -0.140. The summed E-state index contributed by atoms with van der Waals surface area (Å²) in [5, 5.41) is 2.92. The number of benzene rings is 4. The van der Waals surface area contributed by atoms with Gasteiger partial charge >= 0.3 is 0 Å². The SMILES string of the molecule is CC[C@@H](C(=O)NC(C)C)N(Cc1ccc(C)cc1)C(=O)CN(c1ccc(Oc2ccccc2)cc1)S(=O)(=O)c1ccc(C)cc1. The standard InChI is InChI=1S/C36H41N3O5S/c1-6-34(36(41)37-26(2)3)38(24-29-16-12-27(4)13-17-29)35(40)25-39(45(42,43)33-22-14-28(5)15-23-33)30-18-20-32(21-19-30)44-31-10-8-7-9-11-31/h7-23,26,34H,6,24-25H2,1-5H3,(H,37,41)/t34-/m0/s1. The Balaban J connectivity index is 1.72. The Morgan fingerprint density at radius 3 is 1.89 bits per heavy atom. The predicted octanol–water partition coefficient (Wildman–Crippen LogP) is 6.62. The fourth-order valence-corrected chi connectivity index (χ4v) is 6.28. The van der Waals surface area contributed by atoms with Crippen LogP contribution in [0.1, 0.15) is 43.9 Å². The van der Waals surface area contributed by atoms with E-state index in [0.717, 1.165) is 21.0 Å². The van der Waals surface area contributed by atoms with Crippen molar-refractivity contribution in [1.82, 2.24) is 10.2 Å². The average Bonchev–Trinajstić information content (AvgIpc) is 3.01. The van der Waals surface area contributed by atoms with Crippen LogP contribution in [0.2, 0.25) is 0 Å². The molecule has 0 saturated carbocycles. The molecule has 8 nitrogen and oxygen atoms in total. The Hall–Kier alpha value is -4.63. The molecule has 0 saturated heterocycles. The van der Waals surface area contributed by atoms with E-state index in [-0.39, 0.29) is 23.4 Å². The number of nitrogens with zero attached hydrogens (tertiary/aromatic N) is 2. The lowest BCUT2D eigenvalue weighted by Gasteiger charge is -2.33. The molecular weight excluding hydrogens is 586 g/mol. The number of anilines is 1. The quantitative estimate of drug-likeness (QED) is 0.180. The number of amides is 2. The average molecular weight is 628 g/mol. The normalized spacial score (nSPS) is 12.0. The molecule has 1 N–H and O–H groups in total. The molecule has 2 amide bonds. The van der Waals surface area contributed by atoms with Gasteiger partial charge in [-0.2, -0.15) is 0 Å². The summed E-state index contributed by atoms with van der Waals surface area (Å²) in [6.07, 6.45) is 0.354. The third kappa shape index (κ3) is 8.73. The second-order valence-electron chi connectivity index (χ2n) is 11.3. The van der Waals surface area contributed by atoms with Crippen molar-refractivity contribution >= 4 is 27.5 Å². The van der Waals surface area contributed by atoms with Crippen molar-refractivity contribution in [3.8, 4) is 11.5 Å². The molecule has 0 aromatic heterocycles. The topological polar surface area (TPSA) is 96.0 Å². The highest BCUT2D eigenvalue weighted by Gasteiger charge is 2.34. The van der Waals surface area contributed by atoms with Gasteiger partial charge in [-0.1, -0.05) is 72.6 Å². The molecule has 0 heterocycles. The molecule has 4 rings (SSSR count). The van der Waals surface area contributed by atoms with E-state index < -0.39 is 28.5 Å². The van der Waals surface area contributed by atoms with E-state index in [0.29, 0.717) is 23.6 Å². The molecule has 4 aromatic carbocycles. The van der Waals surface area contributed by atoms with Crippen LogP contribution in [-0.2, 0) is 26.2 Å². The Bertz CT molecular complexity index is 1670. The number of rotatable bonds is 13. The second-order valence-corrected chi connectivity index (χ2v) is 13.2. The van der Waals surface area contributed by atoms with E-state index in [1.807, 2.05) is 89.2 Å². The third-order valence-corrected chi connectivity index (χ3v) is 9.07. The summed E-state index contributed by atoms with van der Waals surface area (Å²) in [5.41, 5.74) is 3.10. The van der Waals surface area contributed by atoms with Crippen LogP contribution in [-0.4, -0.2) is 43.8 Å². The van der Waals surface area contributed by atoms with E-state index in [2.05, 4.69) is 5.32 Å². The van der Waals surface area contributed by atoms with E-state index >= 15 is 0 Å². The first-order valence-electron chi connectivity index (χ1n) is 15.1. The van der Waals surface area contributed by atoms with Crippen LogP contribution in [0.5, 0.6) is 11.5 Å². The summed E-state index contributed by atoms with van der Waals surface area (Å²) in [6, 6.07) is 29.1. The zero-order valence-corrected chi connectivity index (χ0v) is 27.3. The van der Waals surface area contributed by atoms with Crippen molar-refractivity contribution in [1.29, 1.82) is 0 Å². The van der Waals surface area contributed by atoms with Crippen LogP contribution in [0.4, 0.5) is 5.69 Å². The van der Waals surface area contributed by atoms with Gasteiger partial charge in [-0.25, -0.2) is 8.42 Å². The molecule has 0 aliphatic carbocycles. The van der Waals surface area contributed by atoms with Crippen LogP contribution >= 0.6 is 0 Å². The molecule has 236 valence electrons. The van der Waals surface area contributed by atoms with Gasteiger partial charge < -0.3 is 15.0 Å². The molecule has 45 heavy (non-hydrogen) atoms. The van der Waals surface area contributed by atoms with Gasteiger partial charge in [0, 0.05) is 12.6 Å². The molecule has 0 aliphatic rings. The van der Waals surface area contributed by atoms with Crippen LogP contribution in [0.25, 0.3) is 0 Å². The summed E-state index contributed by atoms with van der Waals surface area (Å²) < 4.78 is 35.3. The first-order valence-corrected chi connectivity index (χ1v) is 16.5. The first-order chi connectivity index (χ1) is 21.5. The van der Waals surface area contributed by atoms with Gasteiger partial charge in [-0.3, -0.25) is 13.9 Å². The molecular formula is C36H41N3O5S. The summed E-state index contributed by atoms with van der Waals surface area (Å²) >= 11 is 0. The zero-order chi connectivity index (χ0) is 32.6. The molecule has 0 fully saturated rings. The van der Waals surface area contributed by atoms with Crippen LogP contribution in [0.3, 0.4) is 0 Å². The van der Waals surface area contributed by atoms with Crippen molar-refractivity contribution in [2.75, 3.05) is 10.8 Å². The molecule has 0 aliphatic heterocycles. The molecule has 4 aromatic rings. The van der Waals surface area contributed by atoms with E-state index in [1.165, 1.54) is 17.0 Å². The Kier molecular flexibility index (Phi) is 11.0. The minimum Gasteiger partial charge on any atom is -0.457 e. The summed E-state index contributed by atoms with van der Waals surface area (Å²) in [7, 11) is -4.18. The zero-order valence-electron chi connectivity index (χ0n) is 26.4. The van der Waals surface area contributed by atoms with Gasteiger partial charge in [-0.05, 0) is 88.2 Å². The van der Waals surface area contributed by atoms with Crippen molar-refractivity contribution < 1.29 is 22.7 Å². The largest absolute Gasteiger partial charge is 0.457 e. The van der Waals surface area contributed by atoms with Gasteiger partial charge in [0.25, 0.3) is 10.0 Å². The third-order valence-electron chi connectivity index (χ3n) is 7.28. The molecule has 0 radical (unpaired) electrons. The highest BCUT2D eigenvalue weighted by molar-refractivity contribution is 7.92. The van der Waals surface area contributed by atoms with E-state index in [4.69, 9.17) is 4.74 Å². The minimum absolute atomic E-state index is 0.0557. The fourth-order valence-electron chi connectivity index (χ4n) is 4.86.